The van der Waals surface area contributed by atoms with E-state index in [0.29, 0.717) is 11.4 Å². The van der Waals surface area contributed by atoms with Crippen LogP contribution in [0.15, 0.2) is 53.0 Å². The summed E-state index contributed by atoms with van der Waals surface area (Å²) >= 11 is 3.36. The highest BCUT2D eigenvalue weighted by Crippen LogP contribution is 2.28. The van der Waals surface area contributed by atoms with Gasteiger partial charge < -0.3 is 15.4 Å². The fraction of sp³-hybridized carbons (Fsp3) is 0.111. The first-order chi connectivity index (χ1) is 11.5. The SMILES string of the molecule is COc1cc(C)nc2ccc(NC(=O)Nc3ccc(Br)cc3)cc12. The minimum Gasteiger partial charge on any atom is -0.496 e. The van der Waals surface area contributed by atoms with E-state index in [1.807, 2.05) is 55.5 Å². The predicted octanol–water partition coefficient (Wildman–Crippen LogP) is 4.96. The molecule has 2 aromatic carbocycles. The van der Waals surface area contributed by atoms with Crippen LogP contribution in [-0.2, 0) is 0 Å². The Bertz CT molecular complexity index is 895. The Kier molecular flexibility index (Phi) is 4.66. The topological polar surface area (TPSA) is 63.2 Å². The highest BCUT2D eigenvalue weighted by Gasteiger charge is 2.08. The van der Waals surface area contributed by atoms with Crippen LogP contribution in [0.1, 0.15) is 5.69 Å². The van der Waals surface area contributed by atoms with E-state index in [1.54, 1.807) is 7.11 Å². The van der Waals surface area contributed by atoms with Gasteiger partial charge in [-0.25, -0.2) is 4.79 Å². The third-order valence-electron chi connectivity index (χ3n) is 3.48. The number of aromatic nitrogens is 1. The predicted molar refractivity (Wildman–Crippen MR) is 99.8 cm³/mol. The van der Waals surface area contributed by atoms with Crippen molar-refractivity contribution in [2.75, 3.05) is 17.7 Å². The first-order valence-electron chi connectivity index (χ1n) is 7.34. The maximum absolute atomic E-state index is 12.1. The van der Waals surface area contributed by atoms with Gasteiger partial charge in [0.2, 0.25) is 0 Å². The lowest BCUT2D eigenvalue weighted by molar-refractivity contribution is 0.262. The Labute approximate surface area is 148 Å². The molecule has 0 radical (unpaired) electrons. The van der Waals surface area contributed by atoms with E-state index < -0.39 is 0 Å². The summed E-state index contributed by atoms with van der Waals surface area (Å²) in [5, 5.41) is 6.46. The van der Waals surface area contributed by atoms with Crippen LogP contribution < -0.4 is 15.4 Å². The number of hydrogen-bond acceptors (Lipinski definition) is 3. The van der Waals surface area contributed by atoms with E-state index in [0.717, 1.165) is 26.8 Å². The lowest BCUT2D eigenvalue weighted by Crippen LogP contribution is -2.19. The van der Waals surface area contributed by atoms with Gasteiger partial charge in [0.05, 0.1) is 12.6 Å². The smallest absolute Gasteiger partial charge is 0.323 e. The molecule has 6 heteroatoms. The van der Waals surface area contributed by atoms with Crippen LogP contribution in [0.4, 0.5) is 16.2 Å². The normalized spacial score (nSPS) is 10.5. The van der Waals surface area contributed by atoms with Gasteiger partial charge in [0.1, 0.15) is 5.75 Å². The van der Waals surface area contributed by atoms with Crippen LogP contribution >= 0.6 is 15.9 Å². The van der Waals surface area contributed by atoms with Crippen molar-refractivity contribution in [2.45, 2.75) is 6.92 Å². The van der Waals surface area contributed by atoms with Crippen molar-refractivity contribution in [3.05, 3.63) is 58.7 Å². The zero-order chi connectivity index (χ0) is 17.1. The third-order valence-corrected chi connectivity index (χ3v) is 4.01. The molecule has 1 aromatic heterocycles. The Morgan fingerprint density at radius 2 is 1.71 bits per heavy atom. The molecule has 0 aliphatic rings. The second kappa shape index (κ2) is 6.88. The second-order valence-electron chi connectivity index (χ2n) is 5.28. The quantitative estimate of drug-likeness (QED) is 0.669. The number of carbonyl (C=O) groups is 1. The summed E-state index contributed by atoms with van der Waals surface area (Å²) in [6.07, 6.45) is 0. The number of aryl methyl sites for hydroxylation is 1. The van der Waals surface area contributed by atoms with Gasteiger partial charge in [0.15, 0.2) is 0 Å². The van der Waals surface area contributed by atoms with Crippen LogP contribution in [0, 0.1) is 6.92 Å². The number of amides is 2. The number of pyridine rings is 1. The fourth-order valence-corrected chi connectivity index (χ4v) is 2.66. The number of benzene rings is 2. The van der Waals surface area contributed by atoms with Crippen molar-refractivity contribution in [1.82, 2.24) is 4.98 Å². The van der Waals surface area contributed by atoms with E-state index in [9.17, 15) is 4.79 Å². The first-order valence-corrected chi connectivity index (χ1v) is 8.13. The average molecular weight is 386 g/mol. The van der Waals surface area contributed by atoms with Gasteiger partial charge in [-0.1, -0.05) is 15.9 Å². The van der Waals surface area contributed by atoms with Crippen LogP contribution in [0.2, 0.25) is 0 Å². The average Bonchev–Trinajstić information content (AvgIpc) is 2.56. The monoisotopic (exact) mass is 385 g/mol. The van der Waals surface area contributed by atoms with E-state index >= 15 is 0 Å². The van der Waals surface area contributed by atoms with Crippen molar-refractivity contribution >= 4 is 44.2 Å². The molecule has 5 nitrogen and oxygen atoms in total. The number of urea groups is 1. The van der Waals surface area contributed by atoms with Gasteiger partial charge in [-0.15, -0.1) is 0 Å². The Morgan fingerprint density at radius 1 is 1.04 bits per heavy atom. The van der Waals surface area contributed by atoms with Crippen molar-refractivity contribution in [2.24, 2.45) is 0 Å². The number of halogens is 1. The Morgan fingerprint density at radius 3 is 2.42 bits per heavy atom. The zero-order valence-electron chi connectivity index (χ0n) is 13.3. The molecule has 0 unspecified atom stereocenters. The van der Waals surface area contributed by atoms with Gasteiger partial charge in [-0.2, -0.15) is 0 Å². The summed E-state index contributed by atoms with van der Waals surface area (Å²) in [6, 6.07) is 14.5. The summed E-state index contributed by atoms with van der Waals surface area (Å²) in [4.78, 5) is 16.6. The fourth-order valence-electron chi connectivity index (χ4n) is 2.39. The number of carbonyl (C=O) groups excluding carboxylic acids is 1. The third kappa shape index (κ3) is 3.65. The molecule has 0 atom stereocenters. The molecule has 0 bridgehead atoms. The van der Waals surface area contributed by atoms with Crippen LogP contribution in [0.25, 0.3) is 10.9 Å². The molecule has 0 saturated carbocycles. The molecule has 3 rings (SSSR count). The minimum atomic E-state index is -0.310. The summed E-state index contributed by atoms with van der Waals surface area (Å²) < 4.78 is 6.36. The molecule has 0 aliphatic carbocycles. The van der Waals surface area contributed by atoms with Crippen molar-refractivity contribution < 1.29 is 9.53 Å². The van der Waals surface area contributed by atoms with Crippen LogP contribution in [0.5, 0.6) is 5.75 Å². The number of nitrogens with one attached hydrogen (secondary N) is 2. The second-order valence-corrected chi connectivity index (χ2v) is 6.20. The summed E-state index contributed by atoms with van der Waals surface area (Å²) in [6.45, 7) is 1.92. The number of hydrogen-bond donors (Lipinski definition) is 2. The minimum absolute atomic E-state index is 0.310. The summed E-state index contributed by atoms with van der Waals surface area (Å²) in [5.74, 6) is 0.731. The highest BCUT2D eigenvalue weighted by atomic mass is 79.9. The first kappa shape index (κ1) is 16.3. The Hall–Kier alpha value is -2.60. The zero-order valence-corrected chi connectivity index (χ0v) is 14.8. The molecule has 1 heterocycles. The van der Waals surface area contributed by atoms with Crippen LogP contribution in [0.3, 0.4) is 0 Å². The molecule has 0 saturated heterocycles. The highest BCUT2D eigenvalue weighted by molar-refractivity contribution is 9.10. The number of fused-ring (bicyclic) bond motifs is 1. The molecular weight excluding hydrogens is 370 g/mol. The van der Waals surface area contributed by atoms with Crippen molar-refractivity contribution in [3.8, 4) is 5.75 Å². The van der Waals surface area contributed by atoms with Gasteiger partial charge in [-0.05, 0) is 49.4 Å². The molecule has 0 fully saturated rings. The molecule has 2 amide bonds. The van der Waals surface area contributed by atoms with E-state index in [-0.39, 0.29) is 6.03 Å². The van der Waals surface area contributed by atoms with Gasteiger partial charge in [-0.3, -0.25) is 4.98 Å². The van der Waals surface area contributed by atoms with Gasteiger partial charge >= 0.3 is 6.03 Å². The van der Waals surface area contributed by atoms with E-state index in [2.05, 4.69) is 31.5 Å². The largest absolute Gasteiger partial charge is 0.496 e. The lowest BCUT2D eigenvalue weighted by Gasteiger charge is -2.10. The molecule has 3 aromatic rings. The number of methoxy groups -OCH3 is 1. The van der Waals surface area contributed by atoms with Gasteiger partial charge in [0, 0.05) is 33.0 Å². The van der Waals surface area contributed by atoms with Crippen molar-refractivity contribution in [3.63, 3.8) is 0 Å². The number of anilines is 2. The molecule has 122 valence electrons. The lowest BCUT2D eigenvalue weighted by atomic mass is 10.1. The van der Waals surface area contributed by atoms with Crippen LogP contribution in [-0.4, -0.2) is 18.1 Å². The van der Waals surface area contributed by atoms with E-state index in [1.165, 1.54) is 0 Å². The standard InChI is InChI=1S/C18H16BrN3O2/c1-11-9-17(24-2)15-10-14(7-8-16(15)20-11)22-18(23)21-13-5-3-12(19)4-6-13/h3-10H,1-2H3,(H2,21,22,23). The molecule has 24 heavy (non-hydrogen) atoms. The molecule has 0 aliphatic heterocycles. The molecular formula is C18H16BrN3O2. The summed E-state index contributed by atoms with van der Waals surface area (Å²) in [7, 11) is 1.62. The maximum atomic E-state index is 12.1. The number of rotatable bonds is 3. The Balaban J connectivity index is 1.80. The maximum Gasteiger partial charge on any atom is 0.323 e. The molecule has 0 spiro atoms. The molecule has 2 N–H and O–H groups in total. The van der Waals surface area contributed by atoms with Gasteiger partial charge in [0.25, 0.3) is 0 Å². The van der Waals surface area contributed by atoms with E-state index in [4.69, 9.17) is 4.74 Å². The summed E-state index contributed by atoms with van der Waals surface area (Å²) in [5.41, 5.74) is 3.09. The number of ether oxygens (including phenoxy) is 1. The number of nitrogens with zero attached hydrogens (tertiary/aromatic N) is 1. The van der Waals surface area contributed by atoms with Crippen molar-refractivity contribution in [1.29, 1.82) is 0 Å².